The highest BCUT2D eigenvalue weighted by Crippen LogP contribution is 2.30. The Labute approximate surface area is 101 Å². The summed E-state index contributed by atoms with van der Waals surface area (Å²) in [4.78, 5) is 2.47. The van der Waals surface area contributed by atoms with Crippen LogP contribution in [0.15, 0.2) is 12.7 Å². The second kappa shape index (κ2) is 5.33. The van der Waals surface area contributed by atoms with Crippen molar-refractivity contribution in [3.05, 3.63) is 12.7 Å². The molecule has 0 aliphatic heterocycles. The van der Waals surface area contributed by atoms with E-state index in [9.17, 15) is 0 Å². The highest BCUT2D eigenvalue weighted by atomic mass is 15.2. The summed E-state index contributed by atoms with van der Waals surface area (Å²) in [5.41, 5.74) is 6.72. The van der Waals surface area contributed by atoms with Gasteiger partial charge in [-0.25, -0.2) is 0 Å². The van der Waals surface area contributed by atoms with Gasteiger partial charge in [-0.05, 0) is 40.0 Å². The average molecular weight is 224 g/mol. The lowest BCUT2D eigenvalue weighted by Crippen LogP contribution is -2.46. The fourth-order valence-corrected chi connectivity index (χ4v) is 2.54. The summed E-state index contributed by atoms with van der Waals surface area (Å²) < 4.78 is 0. The number of rotatable bonds is 5. The van der Waals surface area contributed by atoms with Crippen LogP contribution in [0.2, 0.25) is 0 Å². The summed E-state index contributed by atoms with van der Waals surface area (Å²) in [5, 5.41) is 0. The standard InChI is InChI=1S/C14H28N2/c1-5-11-16(13(2,3)4)12-10-14(15)8-6-7-9-14/h5H,1,6-12,15H2,2-4H3. The molecule has 1 aliphatic carbocycles. The van der Waals surface area contributed by atoms with E-state index >= 15 is 0 Å². The van der Waals surface area contributed by atoms with Crippen molar-refractivity contribution in [2.45, 2.75) is 64.0 Å². The third-order valence-electron chi connectivity index (χ3n) is 3.78. The van der Waals surface area contributed by atoms with Crippen LogP contribution in [0.1, 0.15) is 52.9 Å². The zero-order valence-electron chi connectivity index (χ0n) is 11.3. The molecule has 16 heavy (non-hydrogen) atoms. The molecule has 1 rings (SSSR count). The Balaban J connectivity index is 2.46. The number of nitrogens with two attached hydrogens (primary N) is 1. The Morgan fingerprint density at radius 3 is 2.31 bits per heavy atom. The van der Waals surface area contributed by atoms with Crippen LogP contribution in [-0.2, 0) is 0 Å². The molecule has 1 saturated carbocycles. The van der Waals surface area contributed by atoms with Crippen molar-refractivity contribution >= 4 is 0 Å². The van der Waals surface area contributed by atoms with E-state index in [1.54, 1.807) is 0 Å². The lowest BCUT2D eigenvalue weighted by molar-refractivity contribution is 0.139. The van der Waals surface area contributed by atoms with Crippen LogP contribution < -0.4 is 5.73 Å². The van der Waals surface area contributed by atoms with Gasteiger partial charge in [0, 0.05) is 24.2 Å². The van der Waals surface area contributed by atoms with E-state index < -0.39 is 0 Å². The van der Waals surface area contributed by atoms with Crippen LogP contribution in [0.5, 0.6) is 0 Å². The first-order chi connectivity index (χ1) is 7.37. The molecule has 0 saturated heterocycles. The van der Waals surface area contributed by atoms with Crippen molar-refractivity contribution in [1.82, 2.24) is 4.90 Å². The van der Waals surface area contributed by atoms with E-state index in [-0.39, 0.29) is 11.1 Å². The fourth-order valence-electron chi connectivity index (χ4n) is 2.54. The monoisotopic (exact) mass is 224 g/mol. The van der Waals surface area contributed by atoms with Gasteiger partial charge in [0.2, 0.25) is 0 Å². The highest BCUT2D eigenvalue weighted by Gasteiger charge is 2.30. The summed E-state index contributed by atoms with van der Waals surface area (Å²) in [7, 11) is 0. The summed E-state index contributed by atoms with van der Waals surface area (Å²) >= 11 is 0. The van der Waals surface area contributed by atoms with Crippen molar-refractivity contribution in [2.24, 2.45) is 5.73 Å². The van der Waals surface area contributed by atoms with Crippen LogP contribution in [0.3, 0.4) is 0 Å². The smallest absolute Gasteiger partial charge is 0.0166 e. The molecule has 2 heteroatoms. The molecule has 0 aromatic rings. The Morgan fingerprint density at radius 1 is 1.31 bits per heavy atom. The predicted octanol–water partition coefficient (Wildman–Crippen LogP) is 2.93. The summed E-state index contributed by atoms with van der Waals surface area (Å²) in [6.45, 7) is 12.7. The average Bonchev–Trinajstić information content (AvgIpc) is 2.58. The molecule has 0 aromatic heterocycles. The molecule has 0 aromatic carbocycles. The SMILES string of the molecule is C=CCN(CCC1(N)CCCC1)C(C)(C)C. The molecular formula is C14H28N2. The van der Waals surface area contributed by atoms with Gasteiger partial charge in [-0.15, -0.1) is 6.58 Å². The molecule has 2 nitrogen and oxygen atoms in total. The van der Waals surface area contributed by atoms with Crippen LogP contribution in [0, 0.1) is 0 Å². The van der Waals surface area contributed by atoms with Gasteiger partial charge in [0.15, 0.2) is 0 Å². The summed E-state index contributed by atoms with van der Waals surface area (Å²) in [5.74, 6) is 0. The molecule has 2 N–H and O–H groups in total. The fraction of sp³-hybridized carbons (Fsp3) is 0.857. The van der Waals surface area contributed by atoms with Gasteiger partial charge in [-0.1, -0.05) is 18.9 Å². The lowest BCUT2D eigenvalue weighted by atomic mass is 9.93. The van der Waals surface area contributed by atoms with Crippen LogP contribution >= 0.6 is 0 Å². The van der Waals surface area contributed by atoms with E-state index in [0.29, 0.717) is 0 Å². The van der Waals surface area contributed by atoms with Crippen LogP contribution in [0.25, 0.3) is 0 Å². The van der Waals surface area contributed by atoms with Crippen molar-refractivity contribution < 1.29 is 0 Å². The number of nitrogens with zero attached hydrogens (tertiary/aromatic N) is 1. The first kappa shape index (κ1) is 13.7. The molecule has 0 amide bonds. The Kier molecular flexibility index (Phi) is 4.57. The minimum absolute atomic E-state index is 0.116. The van der Waals surface area contributed by atoms with Crippen molar-refractivity contribution in [3.8, 4) is 0 Å². The molecule has 1 aliphatic rings. The van der Waals surface area contributed by atoms with Crippen molar-refractivity contribution in [3.63, 3.8) is 0 Å². The molecule has 0 bridgehead atoms. The van der Waals surface area contributed by atoms with Gasteiger partial charge in [-0.2, -0.15) is 0 Å². The molecule has 0 unspecified atom stereocenters. The molecule has 1 fully saturated rings. The summed E-state index contributed by atoms with van der Waals surface area (Å²) in [6.07, 6.45) is 8.15. The molecular weight excluding hydrogens is 196 g/mol. The minimum atomic E-state index is 0.116. The van der Waals surface area contributed by atoms with Gasteiger partial charge >= 0.3 is 0 Å². The molecule has 94 valence electrons. The first-order valence-corrected chi connectivity index (χ1v) is 6.52. The highest BCUT2D eigenvalue weighted by molar-refractivity contribution is 4.92. The second-order valence-electron chi connectivity index (χ2n) is 6.22. The van der Waals surface area contributed by atoms with Crippen molar-refractivity contribution in [1.29, 1.82) is 0 Å². The molecule has 0 atom stereocenters. The third-order valence-corrected chi connectivity index (χ3v) is 3.78. The van der Waals surface area contributed by atoms with E-state index in [2.05, 4.69) is 32.3 Å². The van der Waals surface area contributed by atoms with Crippen LogP contribution in [-0.4, -0.2) is 29.1 Å². The van der Waals surface area contributed by atoms with E-state index in [1.807, 2.05) is 6.08 Å². The lowest BCUT2D eigenvalue weighted by Gasteiger charge is -2.37. The van der Waals surface area contributed by atoms with E-state index in [1.165, 1.54) is 25.7 Å². The third kappa shape index (κ3) is 3.91. The van der Waals surface area contributed by atoms with Gasteiger partial charge in [-0.3, -0.25) is 4.90 Å². The quantitative estimate of drug-likeness (QED) is 0.728. The van der Waals surface area contributed by atoms with E-state index in [0.717, 1.165) is 19.5 Å². The van der Waals surface area contributed by atoms with Gasteiger partial charge in [0.1, 0.15) is 0 Å². The maximum atomic E-state index is 6.39. The Bertz CT molecular complexity index is 221. The second-order valence-corrected chi connectivity index (χ2v) is 6.22. The van der Waals surface area contributed by atoms with Gasteiger partial charge in [0.05, 0.1) is 0 Å². The number of hydrogen-bond acceptors (Lipinski definition) is 2. The zero-order valence-corrected chi connectivity index (χ0v) is 11.3. The topological polar surface area (TPSA) is 29.3 Å². The largest absolute Gasteiger partial charge is 0.325 e. The normalized spacial score (nSPS) is 20.3. The Hall–Kier alpha value is -0.340. The van der Waals surface area contributed by atoms with Gasteiger partial charge in [0.25, 0.3) is 0 Å². The van der Waals surface area contributed by atoms with Crippen molar-refractivity contribution in [2.75, 3.05) is 13.1 Å². The maximum Gasteiger partial charge on any atom is 0.0166 e. The summed E-state index contributed by atoms with van der Waals surface area (Å²) in [6, 6.07) is 0. The maximum absolute atomic E-state index is 6.39. The predicted molar refractivity (Wildman–Crippen MR) is 71.5 cm³/mol. The Morgan fingerprint density at radius 2 is 1.88 bits per heavy atom. The minimum Gasteiger partial charge on any atom is -0.325 e. The van der Waals surface area contributed by atoms with Crippen LogP contribution in [0.4, 0.5) is 0 Å². The number of hydrogen-bond donors (Lipinski definition) is 1. The zero-order chi connectivity index (χ0) is 12.2. The molecule has 0 spiro atoms. The molecule has 0 radical (unpaired) electrons. The first-order valence-electron chi connectivity index (χ1n) is 6.52. The van der Waals surface area contributed by atoms with E-state index in [4.69, 9.17) is 5.73 Å². The molecule has 0 heterocycles. The van der Waals surface area contributed by atoms with Gasteiger partial charge < -0.3 is 5.73 Å².